The molecule has 0 aromatic carbocycles. The van der Waals surface area contributed by atoms with E-state index in [0.29, 0.717) is 23.9 Å². The van der Waals surface area contributed by atoms with Gasteiger partial charge >= 0.3 is 0 Å². The molecule has 0 N–H and O–H groups in total. The summed E-state index contributed by atoms with van der Waals surface area (Å²) in [6.07, 6.45) is 3.98. The van der Waals surface area contributed by atoms with Gasteiger partial charge in [-0.15, -0.1) is 10.2 Å². The van der Waals surface area contributed by atoms with Crippen molar-refractivity contribution < 1.29 is 27.4 Å². The Morgan fingerprint density at radius 3 is 2.29 bits per heavy atom. The Balaban J connectivity index is 1.78. The van der Waals surface area contributed by atoms with Gasteiger partial charge in [-0.05, 0) is 33.6 Å². The number of hydrogen-bond donors (Lipinski definition) is 0. The van der Waals surface area contributed by atoms with Crippen LogP contribution in [0.5, 0.6) is 11.8 Å². The minimum atomic E-state index is -3.92. The van der Waals surface area contributed by atoms with E-state index in [1.807, 2.05) is 0 Å². The Morgan fingerprint density at radius 2 is 1.74 bits per heavy atom. The van der Waals surface area contributed by atoms with Gasteiger partial charge in [0.1, 0.15) is 24.3 Å². The van der Waals surface area contributed by atoms with Gasteiger partial charge in [0, 0.05) is 19.0 Å². The third-order valence-electron chi connectivity index (χ3n) is 5.97. The van der Waals surface area contributed by atoms with E-state index in [0.717, 1.165) is 6.42 Å². The van der Waals surface area contributed by atoms with Crippen LogP contribution in [0.3, 0.4) is 0 Å². The summed E-state index contributed by atoms with van der Waals surface area (Å²) < 4.78 is 51.9. The number of aromatic nitrogens is 7. The summed E-state index contributed by atoms with van der Waals surface area (Å²) >= 11 is 5.94. The number of halogens is 1. The first-order valence-electron chi connectivity index (χ1n) is 12.0. The minimum Gasteiger partial charge on any atom is -0.479 e. The molecule has 0 spiro atoms. The van der Waals surface area contributed by atoms with Gasteiger partial charge in [0.2, 0.25) is 11.8 Å². The molecule has 4 heterocycles. The first-order valence-corrected chi connectivity index (χ1v) is 14.1. The monoisotopic (exact) mass is 567 g/mol. The zero-order valence-corrected chi connectivity index (χ0v) is 23.3. The molecule has 0 aliphatic carbocycles. The predicted molar refractivity (Wildman–Crippen MR) is 136 cm³/mol. The number of methoxy groups -OCH3 is 2. The molecule has 206 valence electrons. The number of sulfone groups is 1. The molecule has 3 aromatic heterocycles. The Bertz CT molecular complexity index is 1320. The van der Waals surface area contributed by atoms with Crippen LogP contribution in [-0.2, 0) is 25.1 Å². The van der Waals surface area contributed by atoms with Gasteiger partial charge in [-0.3, -0.25) is 4.57 Å². The smallest absolute Gasteiger partial charge is 0.245 e. The van der Waals surface area contributed by atoms with Gasteiger partial charge in [-0.1, -0.05) is 11.6 Å². The Kier molecular flexibility index (Phi) is 8.75. The van der Waals surface area contributed by atoms with E-state index in [1.54, 1.807) is 25.3 Å². The molecule has 1 fully saturated rings. The van der Waals surface area contributed by atoms with Crippen molar-refractivity contribution in [3.63, 3.8) is 0 Å². The fourth-order valence-corrected chi connectivity index (χ4v) is 5.61. The standard InChI is InChI=1S/C23H30ClN7O6S/c1-13(2)37-19(20-25-9-15(24)10-26-20)14(3)38(32,33)11-17-29-30-21(16-7-6-8-36-16)31(17)18-22(34-4)27-12-28-23(18)35-5/h9-10,12-14,16,19H,6-8,11H2,1-5H3/t14-,16-,19+/m0/s1. The molecule has 3 aromatic rings. The molecule has 3 atom stereocenters. The van der Waals surface area contributed by atoms with E-state index >= 15 is 0 Å². The molecule has 0 unspecified atom stereocenters. The Labute approximate surface area is 225 Å². The molecule has 1 aliphatic heterocycles. The second-order valence-electron chi connectivity index (χ2n) is 8.93. The van der Waals surface area contributed by atoms with Crippen LogP contribution in [0.1, 0.15) is 63.3 Å². The molecule has 15 heteroatoms. The normalized spacial score (nSPS) is 17.5. The van der Waals surface area contributed by atoms with Crippen molar-refractivity contribution in [2.24, 2.45) is 0 Å². The number of hydrogen-bond acceptors (Lipinski definition) is 12. The van der Waals surface area contributed by atoms with Crippen molar-refractivity contribution >= 4 is 21.4 Å². The van der Waals surface area contributed by atoms with Gasteiger partial charge < -0.3 is 18.9 Å². The average Bonchev–Trinajstić information content (AvgIpc) is 3.56. The third kappa shape index (κ3) is 5.87. The van der Waals surface area contributed by atoms with Crippen LogP contribution in [0.2, 0.25) is 5.02 Å². The number of nitrogens with zero attached hydrogens (tertiary/aromatic N) is 7. The van der Waals surface area contributed by atoms with Gasteiger partial charge in [-0.25, -0.2) is 18.4 Å². The average molecular weight is 568 g/mol. The van der Waals surface area contributed by atoms with Crippen LogP contribution in [0.15, 0.2) is 18.7 Å². The summed E-state index contributed by atoms with van der Waals surface area (Å²) in [6, 6.07) is 0. The van der Waals surface area contributed by atoms with Crippen molar-refractivity contribution in [1.82, 2.24) is 34.7 Å². The minimum absolute atomic E-state index is 0.120. The highest BCUT2D eigenvalue weighted by Gasteiger charge is 2.37. The van der Waals surface area contributed by atoms with Crippen LogP contribution >= 0.6 is 11.6 Å². The highest BCUT2D eigenvalue weighted by atomic mass is 35.5. The van der Waals surface area contributed by atoms with E-state index in [1.165, 1.54) is 32.9 Å². The first kappa shape index (κ1) is 28.1. The van der Waals surface area contributed by atoms with E-state index in [-0.39, 0.29) is 35.2 Å². The molecular formula is C23H30ClN7O6S. The van der Waals surface area contributed by atoms with Crippen LogP contribution in [-0.4, -0.2) is 75.3 Å². The van der Waals surface area contributed by atoms with Crippen molar-refractivity contribution in [3.8, 4) is 17.4 Å². The van der Waals surface area contributed by atoms with E-state index in [2.05, 4.69) is 30.1 Å². The predicted octanol–water partition coefficient (Wildman–Crippen LogP) is 2.84. The molecule has 13 nitrogen and oxygen atoms in total. The maximum Gasteiger partial charge on any atom is 0.245 e. The number of ether oxygens (including phenoxy) is 4. The summed E-state index contributed by atoms with van der Waals surface area (Å²) in [5.41, 5.74) is 0.280. The summed E-state index contributed by atoms with van der Waals surface area (Å²) in [7, 11) is -1.03. The van der Waals surface area contributed by atoms with Crippen molar-refractivity contribution in [1.29, 1.82) is 0 Å². The molecule has 38 heavy (non-hydrogen) atoms. The molecule has 0 bridgehead atoms. The quantitative estimate of drug-likeness (QED) is 0.334. The van der Waals surface area contributed by atoms with E-state index in [4.69, 9.17) is 30.5 Å². The summed E-state index contributed by atoms with van der Waals surface area (Å²) in [5.74, 6) is 0.578. The molecule has 0 amide bonds. The Morgan fingerprint density at radius 1 is 1.08 bits per heavy atom. The van der Waals surface area contributed by atoms with Gasteiger partial charge in [0.25, 0.3) is 0 Å². The summed E-state index contributed by atoms with van der Waals surface area (Å²) in [6.45, 7) is 5.72. The van der Waals surface area contributed by atoms with Gasteiger partial charge in [0.05, 0.1) is 30.6 Å². The van der Waals surface area contributed by atoms with E-state index < -0.39 is 33.0 Å². The number of rotatable bonds is 11. The lowest BCUT2D eigenvalue weighted by Gasteiger charge is -2.25. The van der Waals surface area contributed by atoms with Gasteiger partial charge in [-0.2, -0.15) is 9.97 Å². The molecule has 1 aliphatic rings. The lowest BCUT2D eigenvalue weighted by molar-refractivity contribution is 0.00142. The first-order chi connectivity index (χ1) is 18.2. The molecule has 0 radical (unpaired) electrons. The van der Waals surface area contributed by atoms with E-state index in [9.17, 15) is 8.42 Å². The Hall–Kier alpha value is -2.94. The summed E-state index contributed by atoms with van der Waals surface area (Å²) in [4.78, 5) is 16.8. The van der Waals surface area contributed by atoms with Crippen molar-refractivity contribution in [3.05, 3.63) is 41.2 Å². The zero-order valence-electron chi connectivity index (χ0n) is 21.7. The highest BCUT2D eigenvalue weighted by molar-refractivity contribution is 7.91. The van der Waals surface area contributed by atoms with Crippen LogP contribution in [0, 0.1) is 0 Å². The molecule has 0 saturated carbocycles. The second kappa shape index (κ2) is 11.8. The fraction of sp³-hybridized carbons (Fsp3) is 0.565. The largest absolute Gasteiger partial charge is 0.479 e. The molecule has 4 rings (SSSR count). The van der Waals surface area contributed by atoms with Crippen LogP contribution < -0.4 is 9.47 Å². The highest BCUT2D eigenvalue weighted by Crippen LogP contribution is 2.36. The second-order valence-corrected chi connectivity index (χ2v) is 11.7. The third-order valence-corrected chi connectivity index (χ3v) is 8.21. The summed E-state index contributed by atoms with van der Waals surface area (Å²) in [5, 5.41) is 7.86. The zero-order chi connectivity index (χ0) is 27.4. The topological polar surface area (TPSA) is 153 Å². The molecular weight excluding hydrogens is 538 g/mol. The lowest BCUT2D eigenvalue weighted by Crippen LogP contribution is -2.32. The van der Waals surface area contributed by atoms with Crippen LogP contribution in [0.4, 0.5) is 0 Å². The van der Waals surface area contributed by atoms with Crippen molar-refractivity contribution in [2.75, 3.05) is 20.8 Å². The molecule has 1 saturated heterocycles. The SMILES string of the molecule is COc1ncnc(OC)c1-n1c(CS(=O)(=O)[C@@H](C)[C@@H](OC(C)C)c2ncc(Cl)cn2)nnc1[C@@H]1CCCO1. The lowest BCUT2D eigenvalue weighted by atomic mass is 10.2. The maximum atomic E-state index is 13.8. The fourth-order valence-electron chi connectivity index (χ4n) is 4.14. The van der Waals surface area contributed by atoms with Crippen molar-refractivity contribution in [2.45, 2.75) is 62.9 Å². The maximum absolute atomic E-state index is 13.8. The van der Waals surface area contributed by atoms with Crippen LogP contribution in [0.25, 0.3) is 5.69 Å². The van der Waals surface area contributed by atoms with Gasteiger partial charge in [0.15, 0.2) is 33.0 Å².